The van der Waals surface area contributed by atoms with Gasteiger partial charge >= 0.3 is 5.97 Å². The fourth-order valence-electron chi connectivity index (χ4n) is 1.97. The number of rotatable bonds is 2. The van der Waals surface area contributed by atoms with Crippen LogP contribution in [-0.2, 0) is 14.3 Å². The number of β-amino-alcohol motifs (C(OH)–C–C–N with tert-alkyl or cyclic N) is 1. The maximum atomic E-state index is 12.3. The second kappa shape index (κ2) is 5.24. The molecule has 0 radical (unpaired) electrons. The molecule has 1 aliphatic heterocycles. The molecule has 18 heavy (non-hydrogen) atoms. The number of nitrogens with two attached hydrogens (primary N) is 1. The van der Waals surface area contributed by atoms with Gasteiger partial charge in [-0.3, -0.25) is 4.79 Å². The van der Waals surface area contributed by atoms with Crippen molar-refractivity contribution in [1.29, 1.82) is 0 Å². The number of ether oxygens (including phenoxy) is 1. The van der Waals surface area contributed by atoms with Crippen LogP contribution in [0.2, 0.25) is 0 Å². The highest BCUT2D eigenvalue weighted by Crippen LogP contribution is 2.25. The molecule has 6 nitrogen and oxygen atoms in total. The van der Waals surface area contributed by atoms with Gasteiger partial charge in [-0.05, 0) is 5.41 Å². The molecule has 1 heterocycles. The number of carbonyl (C=O) groups excluding carboxylic acids is 2. The number of esters is 1. The lowest BCUT2D eigenvalue weighted by molar-refractivity contribution is -0.152. The van der Waals surface area contributed by atoms with Crippen molar-refractivity contribution in [2.24, 2.45) is 11.1 Å². The van der Waals surface area contributed by atoms with E-state index in [1.165, 1.54) is 12.0 Å². The summed E-state index contributed by atoms with van der Waals surface area (Å²) in [5.74, 6) is -0.838. The molecule has 0 bridgehead atoms. The average molecular weight is 258 g/mol. The molecule has 1 amide bonds. The van der Waals surface area contributed by atoms with Crippen LogP contribution in [0.3, 0.4) is 0 Å². The van der Waals surface area contributed by atoms with Gasteiger partial charge < -0.3 is 20.5 Å². The van der Waals surface area contributed by atoms with Crippen LogP contribution in [0.4, 0.5) is 0 Å². The minimum atomic E-state index is -0.731. The first-order valence-corrected chi connectivity index (χ1v) is 6.00. The van der Waals surface area contributed by atoms with E-state index in [2.05, 4.69) is 4.74 Å². The van der Waals surface area contributed by atoms with Gasteiger partial charge in [0.15, 0.2) is 0 Å². The smallest absolute Gasteiger partial charge is 0.328 e. The van der Waals surface area contributed by atoms with Crippen molar-refractivity contribution >= 4 is 11.9 Å². The third-order valence-electron chi connectivity index (χ3n) is 3.23. The first-order chi connectivity index (χ1) is 8.18. The monoisotopic (exact) mass is 258 g/mol. The number of carbonyl (C=O) groups is 2. The molecular formula is C12H22N2O4. The molecule has 3 N–H and O–H groups in total. The van der Waals surface area contributed by atoms with Crippen LogP contribution in [0.5, 0.6) is 0 Å². The van der Waals surface area contributed by atoms with Gasteiger partial charge in [-0.15, -0.1) is 0 Å². The highest BCUT2D eigenvalue weighted by Gasteiger charge is 2.43. The predicted molar refractivity (Wildman–Crippen MR) is 65.6 cm³/mol. The standard InChI is InChI=1S/C12H22N2O4/c1-12(2,3)9(13)10(16)14-6-7(15)5-8(14)11(17)18-4/h7-9,15H,5-6,13H2,1-4H3/t7-,8?,9+/m1/s1. The van der Waals surface area contributed by atoms with E-state index in [0.29, 0.717) is 0 Å². The summed E-state index contributed by atoms with van der Waals surface area (Å²) in [7, 11) is 1.26. The number of hydrogen-bond donors (Lipinski definition) is 2. The highest BCUT2D eigenvalue weighted by atomic mass is 16.5. The van der Waals surface area contributed by atoms with Crippen molar-refractivity contribution in [3.05, 3.63) is 0 Å². The summed E-state index contributed by atoms with van der Waals surface area (Å²) in [6.07, 6.45) is -0.500. The minimum Gasteiger partial charge on any atom is -0.467 e. The zero-order chi connectivity index (χ0) is 14.1. The van der Waals surface area contributed by atoms with Crippen molar-refractivity contribution in [2.45, 2.75) is 45.4 Å². The molecule has 104 valence electrons. The summed E-state index contributed by atoms with van der Waals surface area (Å²) in [6.45, 7) is 5.70. The molecule has 1 saturated heterocycles. The number of methoxy groups -OCH3 is 1. The Morgan fingerprint density at radius 3 is 2.44 bits per heavy atom. The molecule has 0 aromatic heterocycles. The molecule has 1 rings (SSSR count). The van der Waals surface area contributed by atoms with E-state index in [1.807, 2.05) is 20.8 Å². The molecule has 3 atom stereocenters. The van der Waals surface area contributed by atoms with E-state index in [1.54, 1.807) is 0 Å². The lowest BCUT2D eigenvalue weighted by Crippen LogP contribution is -2.53. The first kappa shape index (κ1) is 14.9. The van der Waals surface area contributed by atoms with Crippen LogP contribution < -0.4 is 5.73 Å². The Bertz CT molecular complexity index is 337. The Balaban J connectivity index is 2.86. The van der Waals surface area contributed by atoms with E-state index >= 15 is 0 Å². The van der Waals surface area contributed by atoms with Crippen LogP contribution >= 0.6 is 0 Å². The molecule has 1 fully saturated rings. The van der Waals surface area contributed by atoms with E-state index in [4.69, 9.17) is 5.73 Å². The average Bonchev–Trinajstić information content (AvgIpc) is 2.67. The van der Waals surface area contributed by atoms with Crippen molar-refractivity contribution in [1.82, 2.24) is 4.90 Å². The molecule has 0 spiro atoms. The number of aliphatic hydroxyl groups is 1. The molecule has 0 saturated carbocycles. The molecule has 0 aromatic carbocycles. The van der Waals surface area contributed by atoms with Crippen molar-refractivity contribution in [3.63, 3.8) is 0 Å². The Morgan fingerprint density at radius 2 is 2.00 bits per heavy atom. The number of aliphatic hydroxyl groups excluding tert-OH is 1. The Kier molecular flexibility index (Phi) is 4.34. The second-order valence-electron chi connectivity index (χ2n) is 5.76. The minimum absolute atomic E-state index is 0.127. The zero-order valence-electron chi connectivity index (χ0n) is 11.3. The topological polar surface area (TPSA) is 92.9 Å². The van der Waals surface area contributed by atoms with Gasteiger partial charge in [-0.2, -0.15) is 0 Å². The van der Waals surface area contributed by atoms with Gasteiger partial charge in [0.1, 0.15) is 6.04 Å². The van der Waals surface area contributed by atoms with E-state index in [0.717, 1.165) is 0 Å². The Hall–Kier alpha value is -1.14. The van der Waals surface area contributed by atoms with Crippen molar-refractivity contribution in [2.75, 3.05) is 13.7 Å². The fraction of sp³-hybridized carbons (Fsp3) is 0.833. The maximum absolute atomic E-state index is 12.3. The Morgan fingerprint density at radius 1 is 1.44 bits per heavy atom. The van der Waals surface area contributed by atoms with E-state index in [-0.39, 0.29) is 18.9 Å². The highest BCUT2D eigenvalue weighted by molar-refractivity contribution is 5.88. The fourth-order valence-corrected chi connectivity index (χ4v) is 1.97. The van der Waals surface area contributed by atoms with Gasteiger partial charge in [-0.1, -0.05) is 20.8 Å². The van der Waals surface area contributed by atoms with Gasteiger partial charge in [0, 0.05) is 13.0 Å². The molecule has 0 aromatic rings. The lowest BCUT2D eigenvalue weighted by atomic mass is 9.86. The summed E-state index contributed by atoms with van der Waals surface area (Å²) in [5.41, 5.74) is 5.50. The van der Waals surface area contributed by atoms with E-state index < -0.39 is 29.6 Å². The lowest BCUT2D eigenvalue weighted by Gasteiger charge is -2.31. The second-order valence-corrected chi connectivity index (χ2v) is 5.76. The zero-order valence-corrected chi connectivity index (χ0v) is 11.3. The van der Waals surface area contributed by atoms with Gasteiger partial charge in [-0.25, -0.2) is 4.79 Å². The molecule has 0 aliphatic carbocycles. The van der Waals surface area contributed by atoms with Gasteiger partial charge in [0.05, 0.1) is 19.3 Å². The quantitative estimate of drug-likeness (QED) is 0.651. The summed E-state index contributed by atoms with van der Waals surface area (Å²) < 4.78 is 4.64. The van der Waals surface area contributed by atoms with Crippen LogP contribution in [0, 0.1) is 5.41 Å². The molecule has 1 unspecified atom stereocenters. The van der Waals surface area contributed by atoms with Crippen LogP contribution in [0.1, 0.15) is 27.2 Å². The number of nitrogens with zero attached hydrogens (tertiary/aromatic N) is 1. The van der Waals surface area contributed by atoms with Crippen molar-refractivity contribution in [3.8, 4) is 0 Å². The van der Waals surface area contributed by atoms with Crippen LogP contribution in [0.25, 0.3) is 0 Å². The first-order valence-electron chi connectivity index (χ1n) is 6.00. The van der Waals surface area contributed by atoms with Gasteiger partial charge in [0.2, 0.25) is 5.91 Å². The third-order valence-corrected chi connectivity index (χ3v) is 3.23. The summed E-state index contributed by atoms with van der Waals surface area (Å²) in [6, 6.07) is -1.44. The normalized spacial score (nSPS) is 26.0. The molecule has 6 heteroatoms. The third kappa shape index (κ3) is 3.00. The van der Waals surface area contributed by atoms with Crippen molar-refractivity contribution < 1.29 is 19.4 Å². The number of hydrogen-bond acceptors (Lipinski definition) is 5. The summed E-state index contributed by atoms with van der Waals surface area (Å²) in [4.78, 5) is 25.2. The number of amides is 1. The van der Waals surface area contributed by atoms with Gasteiger partial charge in [0.25, 0.3) is 0 Å². The largest absolute Gasteiger partial charge is 0.467 e. The number of likely N-dealkylation sites (tertiary alicyclic amines) is 1. The summed E-state index contributed by atoms with van der Waals surface area (Å²) in [5, 5.41) is 9.61. The van der Waals surface area contributed by atoms with Crippen LogP contribution in [0.15, 0.2) is 0 Å². The predicted octanol–water partition coefficient (Wildman–Crippen LogP) is -0.505. The maximum Gasteiger partial charge on any atom is 0.328 e. The molecular weight excluding hydrogens is 236 g/mol. The summed E-state index contributed by atoms with van der Waals surface area (Å²) >= 11 is 0. The Labute approximate surface area is 107 Å². The van der Waals surface area contributed by atoms with E-state index in [9.17, 15) is 14.7 Å². The SMILES string of the molecule is COC(=O)C1C[C@@H](O)CN1C(=O)[C@H](N)C(C)(C)C. The molecule has 1 aliphatic rings. The van der Waals surface area contributed by atoms with Crippen LogP contribution in [-0.4, -0.2) is 53.7 Å².